The quantitative estimate of drug-likeness (QED) is 0.911. The highest BCUT2D eigenvalue weighted by Gasteiger charge is 2.20. The number of nitrogens with zero attached hydrogens (tertiary/aromatic N) is 1. The van der Waals surface area contributed by atoms with Crippen molar-refractivity contribution in [2.75, 3.05) is 13.9 Å². The SMILES string of the molecule is COc1cc(CNCc2c(C)noc2C)cc2c1OCO2. The Kier molecular flexibility index (Phi) is 3.70. The van der Waals surface area contributed by atoms with E-state index < -0.39 is 0 Å². The Labute approximate surface area is 123 Å². The van der Waals surface area contributed by atoms with Crippen LogP contribution in [0.3, 0.4) is 0 Å². The number of ether oxygens (including phenoxy) is 3. The number of hydrogen-bond acceptors (Lipinski definition) is 6. The lowest BCUT2D eigenvalue weighted by molar-refractivity contribution is 0.171. The molecule has 6 heteroatoms. The predicted octanol–water partition coefficient (Wildman–Crippen LogP) is 2.32. The fourth-order valence-corrected chi connectivity index (χ4v) is 2.37. The number of aryl methyl sites for hydroxylation is 2. The lowest BCUT2D eigenvalue weighted by Crippen LogP contribution is -2.13. The summed E-state index contributed by atoms with van der Waals surface area (Å²) in [7, 11) is 1.62. The minimum absolute atomic E-state index is 0.238. The molecule has 2 aromatic rings. The average molecular weight is 290 g/mol. The summed E-state index contributed by atoms with van der Waals surface area (Å²) in [6.07, 6.45) is 0. The van der Waals surface area contributed by atoms with Crippen molar-refractivity contribution in [3.63, 3.8) is 0 Å². The van der Waals surface area contributed by atoms with Crippen LogP contribution in [0.15, 0.2) is 16.7 Å². The molecule has 1 aromatic heterocycles. The van der Waals surface area contributed by atoms with Gasteiger partial charge in [-0.05, 0) is 31.5 Å². The topological polar surface area (TPSA) is 65.8 Å². The van der Waals surface area contributed by atoms with Gasteiger partial charge in [-0.1, -0.05) is 5.16 Å². The summed E-state index contributed by atoms with van der Waals surface area (Å²) in [5.74, 6) is 2.94. The molecule has 0 atom stereocenters. The molecule has 0 saturated heterocycles. The minimum atomic E-state index is 0.238. The molecule has 0 spiro atoms. The van der Waals surface area contributed by atoms with Gasteiger partial charge in [-0.15, -0.1) is 0 Å². The fraction of sp³-hybridized carbons (Fsp3) is 0.400. The first-order chi connectivity index (χ1) is 10.2. The van der Waals surface area contributed by atoms with Crippen molar-refractivity contribution in [3.8, 4) is 17.2 Å². The van der Waals surface area contributed by atoms with Gasteiger partial charge < -0.3 is 24.1 Å². The van der Waals surface area contributed by atoms with E-state index in [9.17, 15) is 0 Å². The van der Waals surface area contributed by atoms with E-state index in [-0.39, 0.29) is 6.79 Å². The third-order valence-corrected chi connectivity index (χ3v) is 3.53. The van der Waals surface area contributed by atoms with E-state index in [1.165, 1.54) is 0 Å². The molecule has 1 aliphatic rings. The number of hydrogen-bond donors (Lipinski definition) is 1. The number of fused-ring (bicyclic) bond motifs is 1. The third-order valence-electron chi connectivity index (χ3n) is 3.53. The molecule has 0 unspecified atom stereocenters. The van der Waals surface area contributed by atoms with Crippen molar-refractivity contribution < 1.29 is 18.7 Å². The largest absolute Gasteiger partial charge is 0.493 e. The maximum absolute atomic E-state index is 5.42. The molecule has 1 N–H and O–H groups in total. The van der Waals surface area contributed by atoms with E-state index in [0.717, 1.165) is 28.3 Å². The summed E-state index contributed by atoms with van der Waals surface area (Å²) in [6.45, 7) is 5.49. The molecule has 6 nitrogen and oxygen atoms in total. The molecule has 0 fully saturated rings. The third kappa shape index (κ3) is 2.67. The standard InChI is InChI=1S/C15H18N2O4/c1-9-12(10(2)21-17-9)7-16-6-11-4-13(18-3)15-14(5-11)19-8-20-15/h4-5,16H,6-8H2,1-3H3. The number of nitrogens with one attached hydrogen (secondary N) is 1. The monoisotopic (exact) mass is 290 g/mol. The maximum Gasteiger partial charge on any atom is 0.231 e. The molecule has 1 aromatic carbocycles. The lowest BCUT2D eigenvalue weighted by Gasteiger charge is -2.09. The molecule has 1 aliphatic heterocycles. The van der Waals surface area contributed by atoms with Gasteiger partial charge in [0.05, 0.1) is 12.8 Å². The fourth-order valence-electron chi connectivity index (χ4n) is 2.37. The van der Waals surface area contributed by atoms with Gasteiger partial charge in [0.25, 0.3) is 0 Å². The second-order valence-electron chi connectivity index (χ2n) is 4.94. The Morgan fingerprint density at radius 1 is 1.24 bits per heavy atom. The van der Waals surface area contributed by atoms with Gasteiger partial charge in [-0.25, -0.2) is 0 Å². The van der Waals surface area contributed by atoms with Crippen LogP contribution in [0.25, 0.3) is 0 Å². The molecule has 21 heavy (non-hydrogen) atoms. The summed E-state index contributed by atoms with van der Waals surface area (Å²) in [4.78, 5) is 0. The van der Waals surface area contributed by atoms with Crippen LogP contribution in [0, 0.1) is 13.8 Å². The predicted molar refractivity (Wildman–Crippen MR) is 75.6 cm³/mol. The summed E-state index contributed by atoms with van der Waals surface area (Å²) in [5, 5.41) is 7.32. The second kappa shape index (κ2) is 5.65. The van der Waals surface area contributed by atoms with Crippen LogP contribution in [0.4, 0.5) is 0 Å². The van der Waals surface area contributed by atoms with Gasteiger partial charge in [-0.2, -0.15) is 0 Å². The van der Waals surface area contributed by atoms with Crippen molar-refractivity contribution in [1.29, 1.82) is 0 Å². The van der Waals surface area contributed by atoms with Crippen LogP contribution in [-0.4, -0.2) is 19.1 Å². The Hall–Kier alpha value is -2.21. The zero-order chi connectivity index (χ0) is 14.8. The zero-order valence-electron chi connectivity index (χ0n) is 12.4. The summed E-state index contributed by atoms with van der Waals surface area (Å²) in [5.41, 5.74) is 3.09. The smallest absolute Gasteiger partial charge is 0.231 e. The number of methoxy groups -OCH3 is 1. The van der Waals surface area contributed by atoms with Gasteiger partial charge in [0.2, 0.25) is 12.5 Å². The lowest BCUT2D eigenvalue weighted by atomic mass is 10.1. The Balaban J connectivity index is 1.69. The average Bonchev–Trinajstić information content (AvgIpc) is 3.07. The molecule has 0 saturated carbocycles. The molecule has 112 valence electrons. The van der Waals surface area contributed by atoms with Gasteiger partial charge in [0.15, 0.2) is 11.5 Å². The Morgan fingerprint density at radius 2 is 2.10 bits per heavy atom. The molecule has 3 rings (SSSR count). The number of benzene rings is 1. The van der Waals surface area contributed by atoms with Crippen LogP contribution in [0.2, 0.25) is 0 Å². The van der Waals surface area contributed by atoms with Crippen molar-refractivity contribution in [3.05, 3.63) is 34.7 Å². The zero-order valence-corrected chi connectivity index (χ0v) is 12.4. The van der Waals surface area contributed by atoms with E-state index in [1.807, 2.05) is 26.0 Å². The van der Waals surface area contributed by atoms with Crippen molar-refractivity contribution >= 4 is 0 Å². The van der Waals surface area contributed by atoms with E-state index in [0.29, 0.717) is 24.6 Å². The molecular weight excluding hydrogens is 272 g/mol. The molecule has 0 bridgehead atoms. The molecule has 0 radical (unpaired) electrons. The van der Waals surface area contributed by atoms with Gasteiger partial charge >= 0.3 is 0 Å². The second-order valence-corrected chi connectivity index (χ2v) is 4.94. The van der Waals surface area contributed by atoms with Crippen molar-refractivity contribution in [2.24, 2.45) is 0 Å². The van der Waals surface area contributed by atoms with Gasteiger partial charge in [0, 0.05) is 18.7 Å². The first-order valence-electron chi connectivity index (χ1n) is 6.78. The summed E-state index contributed by atoms with van der Waals surface area (Å²) in [6, 6.07) is 3.92. The minimum Gasteiger partial charge on any atom is -0.493 e. The molecule has 0 aliphatic carbocycles. The van der Waals surface area contributed by atoms with Gasteiger partial charge in [0.1, 0.15) is 5.76 Å². The van der Waals surface area contributed by atoms with E-state index in [1.54, 1.807) is 7.11 Å². The molecular formula is C15H18N2O4. The van der Waals surface area contributed by atoms with Crippen LogP contribution in [0.1, 0.15) is 22.6 Å². The highest BCUT2D eigenvalue weighted by Crippen LogP contribution is 2.41. The summed E-state index contributed by atoms with van der Waals surface area (Å²) >= 11 is 0. The van der Waals surface area contributed by atoms with E-state index >= 15 is 0 Å². The number of aromatic nitrogens is 1. The highest BCUT2D eigenvalue weighted by atomic mass is 16.7. The Morgan fingerprint density at radius 3 is 2.81 bits per heavy atom. The normalized spacial score (nSPS) is 12.7. The van der Waals surface area contributed by atoms with E-state index in [4.69, 9.17) is 18.7 Å². The van der Waals surface area contributed by atoms with Crippen LogP contribution < -0.4 is 19.5 Å². The first kappa shape index (κ1) is 13.8. The van der Waals surface area contributed by atoms with Crippen LogP contribution in [0.5, 0.6) is 17.2 Å². The van der Waals surface area contributed by atoms with Crippen LogP contribution in [-0.2, 0) is 13.1 Å². The van der Waals surface area contributed by atoms with E-state index in [2.05, 4.69) is 10.5 Å². The number of rotatable bonds is 5. The van der Waals surface area contributed by atoms with Crippen molar-refractivity contribution in [2.45, 2.75) is 26.9 Å². The maximum atomic E-state index is 5.42. The van der Waals surface area contributed by atoms with Crippen LogP contribution >= 0.6 is 0 Å². The molecule has 2 heterocycles. The highest BCUT2D eigenvalue weighted by molar-refractivity contribution is 5.55. The van der Waals surface area contributed by atoms with Gasteiger partial charge in [-0.3, -0.25) is 0 Å². The summed E-state index contributed by atoms with van der Waals surface area (Å²) < 4.78 is 21.3. The molecule has 0 amide bonds. The first-order valence-corrected chi connectivity index (χ1v) is 6.78. The Bertz CT molecular complexity index is 632. The van der Waals surface area contributed by atoms with Crippen molar-refractivity contribution in [1.82, 2.24) is 10.5 Å².